The van der Waals surface area contributed by atoms with E-state index in [1.165, 1.54) is 0 Å². The van der Waals surface area contributed by atoms with Gasteiger partial charge in [0.2, 0.25) is 0 Å². The zero-order valence-corrected chi connectivity index (χ0v) is 5.83. The summed E-state index contributed by atoms with van der Waals surface area (Å²) < 4.78 is 21.3. The topological polar surface area (TPSA) is 34.1 Å². The van der Waals surface area contributed by atoms with Crippen LogP contribution in [0.25, 0.3) is 0 Å². The van der Waals surface area contributed by atoms with Crippen molar-refractivity contribution in [1.82, 2.24) is 0 Å². The second kappa shape index (κ2) is 1.24. The summed E-state index contributed by atoms with van der Waals surface area (Å²) >= 11 is 1.80. The van der Waals surface area contributed by atoms with Gasteiger partial charge >= 0.3 is 0 Å². The van der Waals surface area contributed by atoms with Crippen molar-refractivity contribution in [1.29, 1.82) is 0 Å². The van der Waals surface area contributed by atoms with Gasteiger partial charge in [-0.2, -0.15) is 11.8 Å². The fraction of sp³-hybridized carbons (Fsp3) is 1.00. The molecule has 0 aromatic carbocycles. The third-order valence-electron chi connectivity index (χ3n) is 1.52. The van der Waals surface area contributed by atoms with E-state index in [1.807, 2.05) is 0 Å². The highest BCUT2D eigenvalue weighted by Crippen LogP contribution is 2.47. The molecule has 0 amide bonds. The summed E-state index contributed by atoms with van der Waals surface area (Å²) in [6, 6.07) is 0. The molecule has 8 heavy (non-hydrogen) atoms. The van der Waals surface area contributed by atoms with E-state index in [2.05, 4.69) is 0 Å². The van der Waals surface area contributed by atoms with Gasteiger partial charge in [0.25, 0.3) is 0 Å². The van der Waals surface area contributed by atoms with Gasteiger partial charge < -0.3 is 0 Å². The Bertz CT molecular complexity index is 190. The van der Waals surface area contributed by atoms with Crippen LogP contribution < -0.4 is 0 Å². The van der Waals surface area contributed by atoms with Crippen LogP contribution in [0.5, 0.6) is 0 Å². The predicted octanol–water partition coefficient (Wildman–Crippen LogP) is -0.101. The minimum absolute atomic E-state index is 0.447. The first-order valence-electron chi connectivity index (χ1n) is 2.53. The molecule has 2 saturated heterocycles. The van der Waals surface area contributed by atoms with Gasteiger partial charge in [-0.15, -0.1) is 0 Å². The summed E-state index contributed by atoms with van der Waals surface area (Å²) in [5.41, 5.74) is 0. The van der Waals surface area contributed by atoms with Crippen molar-refractivity contribution in [3.63, 3.8) is 0 Å². The Morgan fingerprint density at radius 2 is 1.75 bits per heavy atom. The smallest absolute Gasteiger partial charge is 0.152 e. The van der Waals surface area contributed by atoms with Gasteiger partial charge in [-0.1, -0.05) is 0 Å². The lowest BCUT2D eigenvalue weighted by molar-refractivity contribution is 0.602. The Hall–Kier alpha value is 0.300. The molecule has 0 aliphatic carbocycles. The molecule has 2 heterocycles. The molecule has 2 atom stereocenters. The van der Waals surface area contributed by atoms with Crippen molar-refractivity contribution in [2.24, 2.45) is 0 Å². The average Bonchev–Trinajstić information content (AvgIpc) is 2.11. The summed E-state index contributed by atoms with van der Waals surface area (Å²) in [7, 11) is -2.57. The quantitative estimate of drug-likeness (QED) is 0.452. The van der Waals surface area contributed by atoms with Crippen molar-refractivity contribution < 1.29 is 8.42 Å². The monoisotopic (exact) mass is 150 g/mol. The Labute approximate surface area is 52.6 Å². The van der Waals surface area contributed by atoms with Crippen LogP contribution in [0, 0.1) is 0 Å². The van der Waals surface area contributed by atoms with E-state index < -0.39 is 9.84 Å². The van der Waals surface area contributed by atoms with E-state index >= 15 is 0 Å². The van der Waals surface area contributed by atoms with Crippen LogP contribution in [-0.2, 0) is 9.84 Å². The number of thioether (sulfide) groups is 1. The Kier molecular flexibility index (Phi) is 0.791. The minimum atomic E-state index is -2.57. The minimum Gasteiger partial charge on any atom is -0.229 e. The van der Waals surface area contributed by atoms with E-state index in [9.17, 15) is 8.42 Å². The summed E-state index contributed by atoms with van der Waals surface area (Å²) in [4.78, 5) is 0. The fourth-order valence-electron chi connectivity index (χ4n) is 1.04. The van der Waals surface area contributed by atoms with Gasteiger partial charge in [0.05, 0.1) is 11.5 Å². The van der Waals surface area contributed by atoms with Crippen LogP contribution in [0.3, 0.4) is 0 Å². The normalized spacial score (nSPS) is 48.5. The Morgan fingerprint density at radius 3 is 2.00 bits per heavy atom. The Balaban J connectivity index is 2.30. The highest BCUT2D eigenvalue weighted by Gasteiger charge is 2.50. The molecule has 2 unspecified atom stereocenters. The van der Waals surface area contributed by atoms with Crippen LogP contribution in [0.1, 0.15) is 0 Å². The van der Waals surface area contributed by atoms with Crippen molar-refractivity contribution in [3.05, 3.63) is 0 Å². The highest BCUT2D eigenvalue weighted by atomic mass is 32.2. The largest absolute Gasteiger partial charge is 0.229 e. The molecule has 4 heteroatoms. The zero-order valence-electron chi connectivity index (χ0n) is 4.20. The van der Waals surface area contributed by atoms with Crippen LogP contribution in [-0.4, -0.2) is 30.4 Å². The van der Waals surface area contributed by atoms with Gasteiger partial charge in [-0.05, 0) is 0 Å². The number of hydrogen-bond acceptors (Lipinski definition) is 3. The second-order valence-electron chi connectivity index (χ2n) is 2.29. The second-order valence-corrected chi connectivity index (χ2v) is 5.93. The predicted molar refractivity (Wildman–Crippen MR) is 33.8 cm³/mol. The molecule has 2 rings (SSSR count). The maximum Gasteiger partial charge on any atom is 0.152 e. The first-order valence-corrected chi connectivity index (χ1v) is 5.30. The molecule has 0 saturated carbocycles. The molecule has 2 fully saturated rings. The summed E-state index contributed by atoms with van der Waals surface area (Å²) in [5, 5.41) is 0.972. The number of fused-ring (bicyclic) bond motifs is 1. The molecule has 0 aromatic rings. The first-order chi connectivity index (χ1) is 3.67. The van der Waals surface area contributed by atoms with E-state index in [4.69, 9.17) is 0 Å². The third-order valence-corrected chi connectivity index (χ3v) is 5.06. The van der Waals surface area contributed by atoms with Gasteiger partial charge in [-0.3, -0.25) is 0 Å². The van der Waals surface area contributed by atoms with Gasteiger partial charge in [0, 0.05) is 10.5 Å². The number of hydrogen-bond donors (Lipinski definition) is 0. The molecular formula is C4H6O2S2. The molecule has 0 aromatic heterocycles. The lowest BCUT2D eigenvalue weighted by Gasteiger charge is -1.89. The zero-order chi connectivity index (χ0) is 5.78. The van der Waals surface area contributed by atoms with Crippen LogP contribution >= 0.6 is 11.8 Å². The molecule has 2 nitrogen and oxygen atoms in total. The van der Waals surface area contributed by atoms with Crippen molar-refractivity contribution in [2.75, 3.05) is 11.5 Å². The van der Waals surface area contributed by atoms with Gasteiger partial charge in [-0.25, -0.2) is 8.42 Å². The molecule has 0 spiro atoms. The number of rotatable bonds is 0. The van der Waals surface area contributed by atoms with E-state index in [1.54, 1.807) is 11.8 Å². The first kappa shape index (κ1) is 5.11. The molecule has 2 aliphatic rings. The third kappa shape index (κ3) is 0.666. The number of sulfone groups is 1. The summed E-state index contributed by atoms with van der Waals surface area (Å²) in [5.74, 6) is 0.894. The maximum atomic E-state index is 10.7. The summed E-state index contributed by atoms with van der Waals surface area (Å²) in [6.45, 7) is 0. The van der Waals surface area contributed by atoms with Crippen LogP contribution in [0.2, 0.25) is 0 Å². The lowest BCUT2D eigenvalue weighted by atomic mass is 10.4. The molecule has 46 valence electrons. The molecule has 2 aliphatic heterocycles. The van der Waals surface area contributed by atoms with Crippen LogP contribution in [0.4, 0.5) is 0 Å². The average molecular weight is 150 g/mol. The van der Waals surface area contributed by atoms with E-state index in [-0.39, 0.29) is 0 Å². The van der Waals surface area contributed by atoms with Crippen molar-refractivity contribution >= 4 is 21.6 Å². The lowest BCUT2D eigenvalue weighted by Crippen LogP contribution is -2.05. The van der Waals surface area contributed by atoms with Gasteiger partial charge in [0.1, 0.15) is 0 Å². The molecule has 0 radical (unpaired) electrons. The standard InChI is InChI=1S/C4H6O2S2/c5-8(6)1-3-4(2-8)7-3/h3-4H,1-2H2. The molecular weight excluding hydrogens is 144 g/mol. The maximum absolute atomic E-state index is 10.7. The van der Waals surface area contributed by atoms with Crippen LogP contribution in [0.15, 0.2) is 0 Å². The van der Waals surface area contributed by atoms with Crippen molar-refractivity contribution in [2.45, 2.75) is 10.5 Å². The van der Waals surface area contributed by atoms with Crippen molar-refractivity contribution in [3.8, 4) is 0 Å². The Morgan fingerprint density at radius 1 is 1.25 bits per heavy atom. The summed E-state index contributed by atoms with van der Waals surface area (Å²) in [6.07, 6.45) is 0. The highest BCUT2D eigenvalue weighted by molar-refractivity contribution is 8.11. The van der Waals surface area contributed by atoms with Gasteiger partial charge in [0.15, 0.2) is 9.84 Å². The fourth-order valence-corrected chi connectivity index (χ4v) is 5.31. The SMILES string of the molecule is O=S1(=O)CC2SC2C1. The van der Waals surface area contributed by atoms with E-state index in [0.29, 0.717) is 22.0 Å². The van der Waals surface area contributed by atoms with E-state index in [0.717, 1.165) is 0 Å². The molecule has 0 bridgehead atoms. The molecule has 0 N–H and O–H groups in total.